The Kier molecular flexibility index (Phi) is 5.44. The second kappa shape index (κ2) is 5.84. The van der Waals surface area contributed by atoms with Crippen LogP contribution in [0.1, 0.15) is 34.1 Å². The molecule has 0 spiro atoms. The normalized spacial score (nSPS) is 15.3. The van der Waals surface area contributed by atoms with Gasteiger partial charge in [0.2, 0.25) is 0 Å². The topological polar surface area (TPSA) is 89.6 Å². The molecule has 2 atom stereocenters. The Morgan fingerprint density at radius 3 is 2.12 bits per heavy atom. The van der Waals surface area contributed by atoms with Gasteiger partial charge < -0.3 is 15.6 Å². The Balaban J connectivity index is 4.79. The van der Waals surface area contributed by atoms with Crippen molar-refractivity contribution in [3.63, 3.8) is 0 Å². The van der Waals surface area contributed by atoms with Gasteiger partial charge in [-0.15, -0.1) is 0 Å². The van der Waals surface area contributed by atoms with Gasteiger partial charge in [-0.2, -0.15) is 0 Å². The summed E-state index contributed by atoms with van der Waals surface area (Å²) in [6.45, 7) is 7.07. The lowest BCUT2D eigenvalue weighted by Gasteiger charge is -2.25. The second-order valence-electron chi connectivity index (χ2n) is 4.75. The third-order valence-corrected chi connectivity index (χ3v) is 2.23. The number of hydrogen-bond donors (Lipinski definition) is 2. The van der Waals surface area contributed by atoms with Crippen molar-refractivity contribution in [3.8, 4) is 0 Å². The van der Waals surface area contributed by atoms with Gasteiger partial charge in [0.25, 0.3) is 0 Å². The number of carbonyl (C=O) groups is 2. The van der Waals surface area contributed by atoms with E-state index in [0.29, 0.717) is 6.42 Å². The number of hydrogen-bond acceptors (Lipinski definition) is 4. The third-order valence-electron chi connectivity index (χ3n) is 2.23. The summed E-state index contributed by atoms with van der Waals surface area (Å²) in [5.41, 5.74) is 4.77. The smallest absolute Gasteiger partial charge is 0.321 e. The summed E-state index contributed by atoms with van der Waals surface area (Å²) in [7, 11) is 0. The third kappa shape index (κ3) is 4.61. The summed E-state index contributed by atoms with van der Waals surface area (Å²) in [5, 5.41) is 9.02. The lowest BCUT2D eigenvalue weighted by molar-refractivity contribution is -0.169. The van der Waals surface area contributed by atoms with E-state index in [9.17, 15) is 9.59 Å². The van der Waals surface area contributed by atoms with Crippen molar-refractivity contribution < 1.29 is 19.4 Å². The molecule has 0 rings (SSSR count). The first-order chi connectivity index (χ1) is 7.22. The van der Waals surface area contributed by atoms with Gasteiger partial charge >= 0.3 is 11.9 Å². The zero-order valence-electron chi connectivity index (χ0n) is 10.3. The van der Waals surface area contributed by atoms with Gasteiger partial charge in [-0.3, -0.25) is 9.59 Å². The minimum absolute atomic E-state index is 0.159. The number of nitrogens with two attached hydrogens (primary N) is 1. The van der Waals surface area contributed by atoms with Crippen LogP contribution in [0.5, 0.6) is 0 Å². The average Bonchev–Trinajstić information content (AvgIpc) is 2.09. The Labute approximate surface area is 96.0 Å². The highest BCUT2D eigenvalue weighted by atomic mass is 16.6. The molecule has 0 aliphatic rings. The Hall–Kier alpha value is -1.10. The van der Waals surface area contributed by atoms with Gasteiger partial charge in [-0.1, -0.05) is 13.3 Å². The minimum Gasteiger partial charge on any atom is -0.481 e. The first kappa shape index (κ1) is 14.9. The molecule has 0 amide bonds. The van der Waals surface area contributed by atoms with E-state index in [2.05, 4.69) is 0 Å². The van der Waals surface area contributed by atoms with E-state index in [1.54, 1.807) is 27.7 Å². The van der Waals surface area contributed by atoms with E-state index in [0.717, 1.165) is 0 Å². The molecule has 0 aromatic heterocycles. The summed E-state index contributed by atoms with van der Waals surface area (Å²) >= 11 is 0. The van der Waals surface area contributed by atoms with Gasteiger partial charge in [-0.05, 0) is 33.2 Å². The molecule has 0 fully saturated rings. The van der Waals surface area contributed by atoms with Crippen LogP contribution >= 0.6 is 0 Å². The number of rotatable bonds is 5. The fraction of sp³-hybridized carbons (Fsp3) is 0.818. The van der Waals surface area contributed by atoms with Crippen LogP contribution in [0.2, 0.25) is 0 Å². The predicted molar refractivity (Wildman–Crippen MR) is 59.8 cm³/mol. The van der Waals surface area contributed by atoms with E-state index >= 15 is 0 Å². The maximum absolute atomic E-state index is 11.7. The van der Waals surface area contributed by atoms with Crippen LogP contribution < -0.4 is 5.73 Å². The van der Waals surface area contributed by atoms with Crippen LogP contribution in [0.25, 0.3) is 0 Å². The van der Waals surface area contributed by atoms with Crippen LogP contribution in [-0.2, 0) is 14.3 Å². The van der Waals surface area contributed by atoms with Crippen molar-refractivity contribution in [2.75, 3.05) is 6.54 Å². The van der Waals surface area contributed by atoms with E-state index in [4.69, 9.17) is 15.6 Å². The van der Waals surface area contributed by atoms with Crippen molar-refractivity contribution in [2.24, 2.45) is 17.6 Å². The van der Waals surface area contributed by atoms with Gasteiger partial charge in [0.1, 0.15) is 5.60 Å². The maximum Gasteiger partial charge on any atom is 0.321 e. The van der Waals surface area contributed by atoms with Crippen LogP contribution in [0.4, 0.5) is 0 Å². The molecule has 0 aromatic carbocycles. The molecule has 5 heteroatoms. The van der Waals surface area contributed by atoms with Crippen molar-refractivity contribution in [3.05, 3.63) is 0 Å². The van der Waals surface area contributed by atoms with Gasteiger partial charge in [0, 0.05) is 0 Å². The molecule has 0 aliphatic heterocycles. The fourth-order valence-corrected chi connectivity index (χ4v) is 1.40. The number of aliphatic carboxylic acids is 1. The van der Waals surface area contributed by atoms with E-state index in [-0.39, 0.29) is 12.5 Å². The fourth-order valence-electron chi connectivity index (χ4n) is 1.40. The summed E-state index contributed by atoms with van der Waals surface area (Å²) in [6, 6.07) is 0. The minimum atomic E-state index is -1.17. The van der Waals surface area contributed by atoms with Crippen molar-refractivity contribution >= 4 is 11.9 Å². The van der Waals surface area contributed by atoms with E-state index < -0.39 is 23.5 Å². The molecule has 2 unspecified atom stereocenters. The molecule has 16 heavy (non-hydrogen) atoms. The van der Waals surface area contributed by atoms with Gasteiger partial charge in [-0.25, -0.2) is 0 Å². The average molecular weight is 231 g/mol. The highest BCUT2D eigenvalue weighted by molar-refractivity contribution is 5.94. The quantitative estimate of drug-likeness (QED) is 0.544. The standard InChI is InChI=1S/C11H21NO4/c1-5-7(6-12)8(9(13)14)10(15)16-11(2,3)4/h7-8H,5-6,12H2,1-4H3,(H,13,14). The van der Waals surface area contributed by atoms with Crippen molar-refractivity contribution in [2.45, 2.75) is 39.7 Å². The van der Waals surface area contributed by atoms with Crippen LogP contribution in [-0.4, -0.2) is 29.2 Å². The van der Waals surface area contributed by atoms with Gasteiger partial charge in [0.15, 0.2) is 5.92 Å². The Bertz CT molecular complexity index is 253. The SMILES string of the molecule is CCC(CN)C(C(=O)O)C(=O)OC(C)(C)C. The van der Waals surface area contributed by atoms with Crippen LogP contribution in [0.15, 0.2) is 0 Å². The predicted octanol–water partition coefficient (Wildman–Crippen LogP) is 1.01. The highest BCUT2D eigenvalue weighted by Crippen LogP contribution is 2.20. The highest BCUT2D eigenvalue weighted by Gasteiger charge is 2.36. The molecule has 0 heterocycles. The zero-order valence-corrected chi connectivity index (χ0v) is 10.3. The van der Waals surface area contributed by atoms with Gasteiger partial charge in [0.05, 0.1) is 0 Å². The number of carboxylic acid groups (broad SMARTS) is 1. The lowest BCUT2D eigenvalue weighted by Crippen LogP contribution is -2.39. The first-order valence-corrected chi connectivity index (χ1v) is 5.38. The monoisotopic (exact) mass is 231 g/mol. The molecule has 0 aromatic rings. The molecular formula is C11H21NO4. The molecular weight excluding hydrogens is 210 g/mol. The second-order valence-corrected chi connectivity index (χ2v) is 4.75. The number of esters is 1. The number of carbonyl (C=O) groups excluding carboxylic acids is 1. The Morgan fingerprint density at radius 1 is 1.38 bits per heavy atom. The number of ether oxygens (including phenoxy) is 1. The first-order valence-electron chi connectivity index (χ1n) is 5.38. The van der Waals surface area contributed by atoms with E-state index in [1.165, 1.54) is 0 Å². The lowest BCUT2D eigenvalue weighted by atomic mass is 9.90. The molecule has 0 saturated carbocycles. The summed E-state index contributed by atoms with van der Waals surface area (Å²) in [5.74, 6) is -3.44. The maximum atomic E-state index is 11.7. The summed E-state index contributed by atoms with van der Waals surface area (Å²) in [4.78, 5) is 22.7. The van der Waals surface area contributed by atoms with Crippen molar-refractivity contribution in [1.29, 1.82) is 0 Å². The Morgan fingerprint density at radius 2 is 1.88 bits per heavy atom. The summed E-state index contributed by atoms with van der Waals surface area (Å²) < 4.78 is 5.07. The molecule has 3 N–H and O–H groups in total. The molecule has 94 valence electrons. The van der Waals surface area contributed by atoms with Crippen molar-refractivity contribution in [1.82, 2.24) is 0 Å². The molecule has 0 bridgehead atoms. The largest absolute Gasteiger partial charge is 0.481 e. The number of carboxylic acids is 1. The molecule has 0 saturated heterocycles. The summed E-state index contributed by atoms with van der Waals surface area (Å²) in [6.07, 6.45) is 0.534. The molecule has 0 radical (unpaired) electrons. The molecule has 0 aliphatic carbocycles. The van der Waals surface area contributed by atoms with Crippen LogP contribution in [0, 0.1) is 11.8 Å². The van der Waals surface area contributed by atoms with E-state index in [1.807, 2.05) is 0 Å². The van der Waals surface area contributed by atoms with Crippen LogP contribution in [0.3, 0.4) is 0 Å². The zero-order chi connectivity index (χ0) is 12.9. The molecule has 5 nitrogen and oxygen atoms in total.